The lowest BCUT2D eigenvalue weighted by Gasteiger charge is -2.12. The second kappa shape index (κ2) is 7.03. The summed E-state index contributed by atoms with van der Waals surface area (Å²) in [5, 5.41) is 13.7. The van der Waals surface area contributed by atoms with E-state index in [1.54, 1.807) is 13.0 Å². The van der Waals surface area contributed by atoms with Gasteiger partial charge in [-0.15, -0.1) is 11.3 Å². The zero-order valence-corrected chi connectivity index (χ0v) is 13.3. The summed E-state index contributed by atoms with van der Waals surface area (Å²) in [6.45, 7) is 3.73. The smallest absolute Gasteiger partial charge is 0.313 e. The maximum atomic E-state index is 13.2. The van der Waals surface area contributed by atoms with Gasteiger partial charge in [-0.1, -0.05) is 0 Å². The van der Waals surface area contributed by atoms with Crippen LogP contribution >= 0.6 is 11.3 Å². The Morgan fingerprint density at radius 3 is 2.61 bits per heavy atom. The normalized spacial score (nSPS) is 11.4. The van der Waals surface area contributed by atoms with E-state index in [2.05, 4.69) is 10.6 Å². The van der Waals surface area contributed by atoms with Gasteiger partial charge in [0.1, 0.15) is 11.9 Å². The molecule has 0 saturated heterocycles. The number of benzene rings is 1. The highest BCUT2D eigenvalue weighted by Gasteiger charge is 2.18. The molecule has 5 nitrogen and oxygen atoms in total. The molecule has 1 aromatic carbocycles. The Bertz CT molecular complexity index is 795. The van der Waals surface area contributed by atoms with E-state index >= 15 is 0 Å². The second-order valence-electron chi connectivity index (χ2n) is 4.90. The lowest BCUT2D eigenvalue weighted by molar-refractivity contribution is -0.136. The molecule has 0 bridgehead atoms. The van der Waals surface area contributed by atoms with E-state index in [-0.39, 0.29) is 17.3 Å². The molecule has 0 spiro atoms. The number of halogens is 1. The molecular weight excluding hydrogens is 317 g/mol. The van der Waals surface area contributed by atoms with Crippen molar-refractivity contribution in [2.24, 2.45) is 0 Å². The molecule has 2 rings (SSSR count). The number of rotatable bonds is 3. The van der Waals surface area contributed by atoms with Crippen molar-refractivity contribution in [1.29, 1.82) is 5.26 Å². The molecule has 2 amide bonds. The molecule has 118 valence electrons. The highest BCUT2D eigenvalue weighted by molar-refractivity contribution is 7.12. The first-order chi connectivity index (χ1) is 10.9. The van der Waals surface area contributed by atoms with Crippen molar-refractivity contribution in [1.82, 2.24) is 5.32 Å². The lowest BCUT2D eigenvalue weighted by Crippen LogP contribution is -2.36. The Hall–Kier alpha value is -2.72. The number of anilines is 1. The summed E-state index contributed by atoms with van der Waals surface area (Å²) in [7, 11) is 0. The van der Waals surface area contributed by atoms with E-state index in [0.29, 0.717) is 0 Å². The van der Waals surface area contributed by atoms with Crippen LogP contribution in [0.4, 0.5) is 10.1 Å². The van der Waals surface area contributed by atoms with E-state index in [4.69, 9.17) is 5.26 Å². The third-order valence-electron chi connectivity index (χ3n) is 3.09. The van der Waals surface area contributed by atoms with Crippen molar-refractivity contribution < 1.29 is 14.0 Å². The minimum Gasteiger partial charge on any atom is -0.340 e. The van der Waals surface area contributed by atoms with Crippen molar-refractivity contribution in [3.05, 3.63) is 51.5 Å². The van der Waals surface area contributed by atoms with Crippen molar-refractivity contribution in [2.45, 2.75) is 19.9 Å². The summed E-state index contributed by atoms with van der Waals surface area (Å²) >= 11 is 1.54. The Morgan fingerprint density at radius 2 is 2.00 bits per heavy atom. The lowest BCUT2D eigenvalue weighted by atomic mass is 10.2. The third kappa shape index (κ3) is 4.14. The van der Waals surface area contributed by atoms with Crippen LogP contribution in [0.2, 0.25) is 0 Å². The van der Waals surface area contributed by atoms with Gasteiger partial charge in [-0.05, 0) is 44.2 Å². The van der Waals surface area contributed by atoms with E-state index in [9.17, 15) is 14.0 Å². The minimum absolute atomic E-state index is 0.183. The number of hydrogen-bond acceptors (Lipinski definition) is 4. The van der Waals surface area contributed by atoms with Crippen molar-refractivity contribution in [2.75, 3.05) is 5.32 Å². The number of nitrogens with zero attached hydrogens (tertiary/aromatic N) is 1. The maximum Gasteiger partial charge on any atom is 0.313 e. The fraction of sp³-hybridized carbons (Fsp3) is 0.188. The predicted molar refractivity (Wildman–Crippen MR) is 85.4 cm³/mol. The average molecular weight is 331 g/mol. The van der Waals surface area contributed by atoms with Crippen LogP contribution in [0.3, 0.4) is 0 Å². The highest BCUT2D eigenvalue weighted by atomic mass is 32.1. The molecule has 0 fully saturated rings. The fourth-order valence-corrected chi connectivity index (χ4v) is 2.78. The van der Waals surface area contributed by atoms with E-state index < -0.39 is 17.6 Å². The molecule has 0 aliphatic heterocycles. The molecule has 0 radical (unpaired) electrons. The first-order valence-corrected chi connectivity index (χ1v) is 7.60. The van der Waals surface area contributed by atoms with Gasteiger partial charge in [-0.2, -0.15) is 5.26 Å². The van der Waals surface area contributed by atoms with Crippen LogP contribution in [0.15, 0.2) is 30.3 Å². The standard InChI is InChI=1S/C16H14FN3O2S/c1-9-3-6-14(23-9)10(2)19-15(21)16(22)20-12-4-5-13(17)11(7-12)8-18/h3-7,10H,1-2H3,(H,19,21)(H,20,22)/t10-/m1/s1. The molecule has 1 heterocycles. The number of amides is 2. The summed E-state index contributed by atoms with van der Waals surface area (Å²) in [6, 6.07) is 8.72. The second-order valence-corrected chi connectivity index (χ2v) is 6.22. The van der Waals surface area contributed by atoms with Gasteiger partial charge >= 0.3 is 11.8 Å². The molecule has 1 aromatic heterocycles. The van der Waals surface area contributed by atoms with Crippen LogP contribution in [0, 0.1) is 24.1 Å². The molecule has 0 aliphatic rings. The maximum absolute atomic E-state index is 13.2. The molecule has 23 heavy (non-hydrogen) atoms. The summed E-state index contributed by atoms with van der Waals surface area (Å²) in [6.07, 6.45) is 0. The topological polar surface area (TPSA) is 82.0 Å². The SMILES string of the molecule is Cc1ccc([C@@H](C)NC(=O)C(=O)Nc2ccc(F)c(C#N)c2)s1. The Balaban J connectivity index is 2.00. The first kappa shape index (κ1) is 16.6. The van der Waals surface area contributed by atoms with Crippen LogP contribution in [0.25, 0.3) is 0 Å². The Morgan fingerprint density at radius 1 is 1.26 bits per heavy atom. The number of aryl methyl sites for hydroxylation is 1. The number of hydrogen-bond donors (Lipinski definition) is 2. The van der Waals surface area contributed by atoms with Crippen LogP contribution in [-0.4, -0.2) is 11.8 Å². The van der Waals surface area contributed by atoms with Gasteiger partial charge in [0.25, 0.3) is 0 Å². The van der Waals surface area contributed by atoms with Gasteiger partial charge in [0.05, 0.1) is 11.6 Å². The number of nitriles is 1. The van der Waals surface area contributed by atoms with Gasteiger partial charge in [0.15, 0.2) is 0 Å². The van der Waals surface area contributed by atoms with Crippen LogP contribution in [0.1, 0.15) is 28.3 Å². The highest BCUT2D eigenvalue weighted by Crippen LogP contribution is 2.22. The van der Waals surface area contributed by atoms with E-state index in [0.717, 1.165) is 15.8 Å². The molecule has 1 atom stereocenters. The van der Waals surface area contributed by atoms with Crippen LogP contribution in [0.5, 0.6) is 0 Å². The first-order valence-electron chi connectivity index (χ1n) is 6.78. The number of carbonyl (C=O) groups is 2. The third-order valence-corrected chi connectivity index (χ3v) is 4.27. The Kier molecular flexibility index (Phi) is 5.09. The minimum atomic E-state index is -0.874. The molecule has 0 saturated carbocycles. The monoisotopic (exact) mass is 331 g/mol. The van der Waals surface area contributed by atoms with Gasteiger partial charge in [-0.3, -0.25) is 9.59 Å². The van der Waals surface area contributed by atoms with Gasteiger partial charge in [0, 0.05) is 15.4 Å². The quantitative estimate of drug-likeness (QED) is 0.849. The average Bonchev–Trinajstić information content (AvgIpc) is 2.95. The van der Waals surface area contributed by atoms with Crippen molar-refractivity contribution in [3.8, 4) is 6.07 Å². The molecule has 2 N–H and O–H groups in total. The fourth-order valence-electron chi connectivity index (χ4n) is 1.90. The number of thiophene rings is 1. The van der Waals surface area contributed by atoms with Crippen molar-refractivity contribution >= 4 is 28.8 Å². The predicted octanol–water partition coefficient (Wildman–Crippen LogP) is 2.88. The zero-order chi connectivity index (χ0) is 17.0. The van der Waals surface area contributed by atoms with Crippen molar-refractivity contribution in [3.63, 3.8) is 0 Å². The summed E-state index contributed by atoms with van der Waals surface area (Å²) < 4.78 is 13.2. The number of carbonyl (C=O) groups excluding carboxylic acids is 2. The molecule has 0 aliphatic carbocycles. The van der Waals surface area contributed by atoms with Crippen LogP contribution < -0.4 is 10.6 Å². The summed E-state index contributed by atoms with van der Waals surface area (Å²) in [4.78, 5) is 25.8. The Labute approximate surface area is 136 Å². The van der Waals surface area contributed by atoms with E-state index in [1.165, 1.54) is 23.5 Å². The van der Waals surface area contributed by atoms with Gasteiger partial charge < -0.3 is 10.6 Å². The largest absolute Gasteiger partial charge is 0.340 e. The summed E-state index contributed by atoms with van der Waals surface area (Å²) in [5.74, 6) is -2.36. The molecule has 7 heteroatoms. The molecular formula is C16H14FN3O2S. The van der Waals surface area contributed by atoms with E-state index in [1.807, 2.05) is 19.1 Å². The van der Waals surface area contributed by atoms with Gasteiger partial charge in [0.2, 0.25) is 0 Å². The zero-order valence-electron chi connectivity index (χ0n) is 12.5. The van der Waals surface area contributed by atoms with Crippen LogP contribution in [-0.2, 0) is 9.59 Å². The summed E-state index contributed by atoms with van der Waals surface area (Å²) in [5.41, 5.74) is -0.0200. The molecule has 0 unspecified atom stereocenters. The molecule has 2 aromatic rings. The number of nitrogens with one attached hydrogen (secondary N) is 2. The van der Waals surface area contributed by atoms with Gasteiger partial charge in [-0.25, -0.2) is 4.39 Å².